The topological polar surface area (TPSA) is 9.23 Å². The molecule has 0 unspecified atom stereocenters. The van der Waals surface area contributed by atoms with Crippen LogP contribution in [0.25, 0.3) is 65.3 Å². The highest BCUT2D eigenvalue weighted by Gasteiger charge is 2.23. The summed E-state index contributed by atoms with van der Waals surface area (Å²) in [5.41, 5.74) is 4.75. The van der Waals surface area contributed by atoms with Crippen LogP contribution in [0.4, 0.5) is 0 Å². The maximum absolute atomic E-state index is 6.63. The van der Waals surface area contributed by atoms with E-state index in [9.17, 15) is 0 Å². The summed E-state index contributed by atoms with van der Waals surface area (Å²) < 4.78 is 6.63. The van der Waals surface area contributed by atoms with Gasteiger partial charge in [0.2, 0.25) is 0 Å². The molecule has 0 atom stereocenters. The van der Waals surface area contributed by atoms with Crippen LogP contribution in [-0.2, 0) is 0 Å². The monoisotopic (exact) mass is 418 g/mol. The highest BCUT2D eigenvalue weighted by atomic mass is 16.5. The molecular formula is C32H18O. The van der Waals surface area contributed by atoms with E-state index in [1.165, 1.54) is 54.2 Å². The Labute approximate surface area is 190 Å². The molecule has 152 valence electrons. The molecule has 0 saturated heterocycles. The number of hydrogen-bond acceptors (Lipinski definition) is 1. The minimum absolute atomic E-state index is 0.919. The van der Waals surface area contributed by atoms with Crippen molar-refractivity contribution in [2.75, 3.05) is 0 Å². The molecule has 0 amide bonds. The van der Waals surface area contributed by atoms with Crippen molar-refractivity contribution in [1.82, 2.24) is 0 Å². The number of fused-ring (bicyclic) bond motifs is 2. The van der Waals surface area contributed by atoms with E-state index in [4.69, 9.17) is 4.74 Å². The summed E-state index contributed by atoms with van der Waals surface area (Å²) in [5.74, 6) is 1.87. The highest BCUT2D eigenvalue weighted by molar-refractivity contribution is 6.26. The molecule has 1 nitrogen and oxygen atoms in total. The SMILES string of the molecule is c1ccc2c(c1)Oc1c(-c3ccc4ccc5cccc6ccc3c4c56)ccc3cccc-2c13. The Bertz CT molecular complexity index is 1880. The lowest BCUT2D eigenvalue weighted by Crippen LogP contribution is -1.99. The fourth-order valence-electron chi connectivity index (χ4n) is 5.75. The fourth-order valence-corrected chi connectivity index (χ4v) is 5.75. The lowest BCUT2D eigenvalue weighted by Gasteiger charge is -2.24. The Morgan fingerprint density at radius 2 is 0.970 bits per heavy atom. The first kappa shape index (κ1) is 17.2. The van der Waals surface area contributed by atoms with E-state index in [0.29, 0.717) is 0 Å². The summed E-state index contributed by atoms with van der Waals surface area (Å²) in [6.07, 6.45) is 0. The summed E-state index contributed by atoms with van der Waals surface area (Å²) in [5, 5.41) is 10.2. The van der Waals surface area contributed by atoms with Crippen molar-refractivity contribution in [2.24, 2.45) is 0 Å². The number of benzene rings is 7. The van der Waals surface area contributed by atoms with E-state index in [1.54, 1.807) is 0 Å². The van der Waals surface area contributed by atoms with Crippen LogP contribution in [0.1, 0.15) is 0 Å². The van der Waals surface area contributed by atoms with Crippen molar-refractivity contribution in [1.29, 1.82) is 0 Å². The predicted octanol–water partition coefficient (Wildman–Crippen LogP) is 9.18. The first-order valence-corrected chi connectivity index (χ1v) is 11.4. The zero-order valence-electron chi connectivity index (χ0n) is 17.8. The molecule has 0 spiro atoms. The summed E-state index contributed by atoms with van der Waals surface area (Å²) in [6.45, 7) is 0. The number of para-hydroxylation sites is 1. The third kappa shape index (κ3) is 2.21. The molecule has 0 fully saturated rings. The van der Waals surface area contributed by atoms with Gasteiger partial charge in [-0.3, -0.25) is 0 Å². The second-order valence-electron chi connectivity index (χ2n) is 8.91. The molecule has 0 N–H and O–H groups in total. The molecule has 7 aromatic rings. The third-order valence-corrected chi connectivity index (χ3v) is 7.21. The molecule has 1 heterocycles. The molecule has 1 aliphatic rings. The van der Waals surface area contributed by atoms with Gasteiger partial charge in [-0.25, -0.2) is 0 Å². The third-order valence-electron chi connectivity index (χ3n) is 7.21. The summed E-state index contributed by atoms with van der Waals surface area (Å²) in [6, 6.07) is 39.4. The van der Waals surface area contributed by atoms with Crippen molar-refractivity contribution in [3.63, 3.8) is 0 Å². The Morgan fingerprint density at radius 1 is 0.364 bits per heavy atom. The Balaban J connectivity index is 1.51. The molecule has 8 rings (SSSR count). The minimum atomic E-state index is 0.919. The second-order valence-corrected chi connectivity index (χ2v) is 8.91. The van der Waals surface area contributed by atoms with Crippen LogP contribution in [0.3, 0.4) is 0 Å². The van der Waals surface area contributed by atoms with Crippen molar-refractivity contribution >= 4 is 43.1 Å². The van der Waals surface area contributed by atoms with Gasteiger partial charge in [0, 0.05) is 16.5 Å². The second kappa shape index (κ2) is 6.11. The predicted molar refractivity (Wildman–Crippen MR) is 139 cm³/mol. The van der Waals surface area contributed by atoms with Gasteiger partial charge in [0.05, 0.1) is 0 Å². The smallest absolute Gasteiger partial charge is 0.143 e. The van der Waals surface area contributed by atoms with Gasteiger partial charge < -0.3 is 4.74 Å². The molecule has 33 heavy (non-hydrogen) atoms. The van der Waals surface area contributed by atoms with E-state index >= 15 is 0 Å². The van der Waals surface area contributed by atoms with E-state index in [0.717, 1.165) is 22.6 Å². The zero-order valence-corrected chi connectivity index (χ0v) is 17.8. The van der Waals surface area contributed by atoms with Crippen molar-refractivity contribution in [3.05, 3.63) is 109 Å². The molecule has 0 radical (unpaired) electrons. The minimum Gasteiger partial charge on any atom is -0.455 e. The van der Waals surface area contributed by atoms with Gasteiger partial charge in [-0.05, 0) is 61.0 Å². The average molecular weight is 418 g/mol. The lowest BCUT2D eigenvalue weighted by molar-refractivity contribution is 0.489. The van der Waals surface area contributed by atoms with Crippen LogP contribution in [0, 0.1) is 0 Å². The van der Waals surface area contributed by atoms with Crippen LogP contribution in [0.5, 0.6) is 11.5 Å². The molecule has 0 aromatic heterocycles. The Kier molecular flexibility index (Phi) is 3.19. The Hall–Kier alpha value is -4.36. The van der Waals surface area contributed by atoms with Crippen LogP contribution < -0.4 is 4.74 Å². The lowest BCUT2D eigenvalue weighted by atomic mass is 9.87. The molecule has 1 heteroatoms. The van der Waals surface area contributed by atoms with Crippen LogP contribution in [-0.4, -0.2) is 0 Å². The van der Waals surface area contributed by atoms with Gasteiger partial charge in [0.15, 0.2) is 0 Å². The first-order valence-electron chi connectivity index (χ1n) is 11.4. The maximum Gasteiger partial charge on any atom is 0.143 e. The van der Waals surface area contributed by atoms with Crippen molar-refractivity contribution in [3.8, 4) is 33.8 Å². The van der Waals surface area contributed by atoms with E-state index in [-0.39, 0.29) is 0 Å². The molecule has 0 aliphatic carbocycles. The normalized spacial score (nSPS) is 12.5. The van der Waals surface area contributed by atoms with Crippen molar-refractivity contribution in [2.45, 2.75) is 0 Å². The van der Waals surface area contributed by atoms with Gasteiger partial charge in [-0.2, -0.15) is 0 Å². The van der Waals surface area contributed by atoms with Crippen LogP contribution in [0.15, 0.2) is 109 Å². The highest BCUT2D eigenvalue weighted by Crippen LogP contribution is 2.51. The Morgan fingerprint density at radius 3 is 1.82 bits per heavy atom. The summed E-state index contributed by atoms with van der Waals surface area (Å²) >= 11 is 0. The molecule has 1 aliphatic heterocycles. The van der Waals surface area contributed by atoms with Gasteiger partial charge in [-0.1, -0.05) is 97.1 Å². The number of ether oxygens (including phenoxy) is 1. The van der Waals surface area contributed by atoms with E-state index < -0.39 is 0 Å². The average Bonchev–Trinajstić information content (AvgIpc) is 2.88. The molecule has 7 aromatic carbocycles. The quantitative estimate of drug-likeness (QED) is 0.241. The van der Waals surface area contributed by atoms with Crippen molar-refractivity contribution < 1.29 is 4.74 Å². The summed E-state index contributed by atoms with van der Waals surface area (Å²) in [4.78, 5) is 0. The number of hydrogen-bond donors (Lipinski definition) is 0. The van der Waals surface area contributed by atoms with Crippen LogP contribution >= 0.6 is 0 Å². The zero-order chi connectivity index (χ0) is 21.5. The molecule has 0 bridgehead atoms. The van der Waals surface area contributed by atoms with E-state index in [1.807, 2.05) is 6.07 Å². The van der Waals surface area contributed by atoms with Gasteiger partial charge in [0.1, 0.15) is 11.5 Å². The van der Waals surface area contributed by atoms with E-state index in [2.05, 4.69) is 103 Å². The standard InChI is InChI=1S/C32H18O/c1-2-10-28-24(8-1)25-9-4-7-21-15-18-27(32(33-28)31(21)25)23-16-13-22-12-11-19-5-3-6-20-14-17-26(23)30(22)29(19)20/h1-18H. The largest absolute Gasteiger partial charge is 0.455 e. The first-order chi connectivity index (χ1) is 16.4. The van der Waals surface area contributed by atoms with Gasteiger partial charge in [-0.15, -0.1) is 0 Å². The number of rotatable bonds is 1. The fraction of sp³-hybridized carbons (Fsp3) is 0. The maximum atomic E-state index is 6.63. The van der Waals surface area contributed by atoms with Crippen LogP contribution in [0.2, 0.25) is 0 Å². The van der Waals surface area contributed by atoms with Gasteiger partial charge >= 0.3 is 0 Å². The summed E-state index contributed by atoms with van der Waals surface area (Å²) in [7, 11) is 0. The molecular weight excluding hydrogens is 400 g/mol. The van der Waals surface area contributed by atoms with Gasteiger partial charge in [0.25, 0.3) is 0 Å². The molecule has 0 saturated carbocycles.